The van der Waals surface area contributed by atoms with Crippen LogP contribution in [0.15, 0.2) is 6.20 Å². The molecule has 7 heteroatoms. The topological polar surface area (TPSA) is 96.3 Å². The Balaban J connectivity index is 2.40. The Bertz CT molecular complexity index is 482. The molecule has 1 aromatic heterocycles. The molecule has 0 aliphatic rings. The zero-order chi connectivity index (χ0) is 15.3. The lowest BCUT2D eigenvalue weighted by Crippen LogP contribution is -2.41. The van der Waals surface area contributed by atoms with Gasteiger partial charge in [-0.3, -0.25) is 9.48 Å². The largest absolute Gasteiger partial charge is 0.481 e. The molecule has 0 saturated carbocycles. The molecule has 3 N–H and O–H groups in total. The fraction of sp³-hybridized carbons (Fsp3) is 0.615. The van der Waals surface area contributed by atoms with Gasteiger partial charge in [-0.15, -0.1) is 0 Å². The molecule has 1 rings (SSSR count). The summed E-state index contributed by atoms with van der Waals surface area (Å²) in [4.78, 5) is 22.6. The number of carbonyl (C=O) groups excluding carboxylic acids is 1. The number of hydrogen-bond donors (Lipinski definition) is 3. The molecular weight excluding hydrogens is 260 g/mol. The first kappa shape index (κ1) is 16.0. The number of aromatic nitrogens is 2. The highest BCUT2D eigenvalue weighted by Crippen LogP contribution is 2.09. The van der Waals surface area contributed by atoms with Crippen LogP contribution in [0.4, 0.5) is 4.79 Å². The Morgan fingerprint density at radius 3 is 2.50 bits per heavy atom. The van der Waals surface area contributed by atoms with E-state index in [1.165, 1.54) is 0 Å². The summed E-state index contributed by atoms with van der Waals surface area (Å²) in [6, 6.07) is -0.375. The molecule has 1 heterocycles. The van der Waals surface area contributed by atoms with Crippen LogP contribution < -0.4 is 10.6 Å². The van der Waals surface area contributed by atoms with E-state index in [-0.39, 0.29) is 18.5 Å². The fourth-order valence-corrected chi connectivity index (χ4v) is 1.87. The van der Waals surface area contributed by atoms with Gasteiger partial charge in [-0.05, 0) is 12.8 Å². The van der Waals surface area contributed by atoms with Gasteiger partial charge in [0, 0.05) is 31.9 Å². The van der Waals surface area contributed by atoms with E-state index in [2.05, 4.69) is 15.7 Å². The Hall–Kier alpha value is -2.05. The lowest BCUT2D eigenvalue weighted by Gasteiger charge is -2.16. The normalized spacial score (nSPS) is 12.2. The van der Waals surface area contributed by atoms with Gasteiger partial charge in [-0.25, -0.2) is 4.79 Å². The first-order valence-corrected chi connectivity index (χ1v) is 6.55. The lowest BCUT2D eigenvalue weighted by atomic mass is 9.96. The zero-order valence-corrected chi connectivity index (χ0v) is 12.3. The van der Waals surface area contributed by atoms with Crippen molar-refractivity contribution in [2.45, 2.75) is 27.3 Å². The standard InChI is InChI=1S/C13H22N4O3/c1-8(2)11(12(18)19)6-15-13(20)14-5-10-7-17(4)16-9(10)3/h7-8,11H,5-6H2,1-4H3,(H,18,19)(H2,14,15,20). The van der Waals surface area contributed by atoms with Crippen molar-refractivity contribution in [3.8, 4) is 0 Å². The highest BCUT2D eigenvalue weighted by Gasteiger charge is 2.21. The minimum absolute atomic E-state index is 0.0339. The van der Waals surface area contributed by atoms with Crippen LogP contribution in [0.2, 0.25) is 0 Å². The minimum Gasteiger partial charge on any atom is -0.481 e. The Labute approximate surface area is 118 Å². The van der Waals surface area contributed by atoms with Gasteiger partial charge in [0.1, 0.15) is 0 Å². The summed E-state index contributed by atoms with van der Waals surface area (Å²) in [5.41, 5.74) is 1.79. The van der Waals surface area contributed by atoms with Gasteiger partial charge < -0.3 is 15.7 Å². The third-order valence-corrected chi connectivity index (χ3v) is 3.16. The van der Waals surface area contributed by atoms with Crippen molar-refractivity contribution < 1.29 is 14.7 Å². The van der Waals surface area contributed by atoms with Crippen molar-refractivity contribution in [2.75, 3.05) is 6.54 Å². The van der Waals surface area contributed by atoms with E-state index in [1.54, 1.807) is 4.68 Å². The number of aryl methyl sites for hydroxylation is 2. The Morgan fingerprint density at radius 2 is 2.05 bits per heavy atom. The second kappa shape index (κ2) is 6.93. The maximum atomic E-state index is 11.6. The van der Waals surface area contributed by atoms with E-state index in [9.17, 15) is 9.59 Å². The number of carbonyl (C=O) groups is 2. The number of nitrogens with zero attached hydrogens (tertiary/aromatic N) is 2. The molecule has 1 aromatic rings. The highest BCUT2D eigenvalue weighted by atomic mass is 16.4. The average molecular weight is 282 g/mol. The summed E-state index contributed by atoms with van der Waals surface area (Å²) in [6.07, 6.45) is 1.84. The van der Waals surface area contributed by atoms with Crippen molar-refractivity contribution in [1.82, 2.24) is 20.4 Å². The van der Waals surface area contributed by atoms with Crippen LogP contribution >= 0.6 is 0 Å². The lowest BCUT2D eigenvalue weighted by molar-refractivity contribution is -0.142. The molecule has 112 valence electrons. The number of nitrogens with one attached hydrogen (secondary N) is 2. The van der Waals surface area contributed by atoms with Crippen molar-refractivity contribution in [3.05, 3.63) is 17.5 Å². The minimum atomic E-state index is -0.900. The van der Waals surface area contributed by atoms with Gasteiger partial charge in [0.15, 0.2) is 0 Å². The zero-order valence-electron chi connectivity index (χ0n) is 12.3. The van der Waals surface area contributed by atoms with E-state index in [4.69, 9.17) is 5.11 Å². The molecule has 0 aliphatic carbocycles. The Morgan fingerprint density at radius 1 is 1.40 bits per heavy atom. The van der Waals surface area contributed by atoms with E-state index in [0.717, 1.165) is 11.3 Å². The van der Waals surface area contributed by atoms with E-state index >= 15 is 0 Å². The van der Waals surface area contributed by atoms with Gasteiger partial charge in [0.25, 0.3) is 0 Å². The maximum absolute atomic E-state index is 11.6. The quantitative estimate of drug-likeness (QED) is 0.721. The van der Waals surface area contributed by atoms with Crippen LogP contribution in [0.5, 0.6) is 0 Å². The summed E-state index contributed by atoms with van der Waals surface area (Å²) < 4.78 is 1.68. The first-order valence-electron chi connectivity index (χ1n) is 6.55. The maximum Gasteiger partial charge on any atom is 0.315 e. The monoisotopic (exact) mass is 282 g/mol. The van der Waals surface area contributed by atoms with Gasteiger partial charge in [-0.2, -0.15) is 5.10 Å². The number of carboxylic acids is 1. The van der Waals surface area contributed by atoms with Gasteiger partial charge >= 0.3 is 12.0 Å². The van der Waals surface area contributed by atoms with Crippen LogP contribution in [-0.4, -0.2) is 33.4 Å². The number of rotatable bonds is 6. The van der Waals surface area contributed by atoms with Gasteiger partial charge in [-0.1, -0.05) is 13.8 Å². The summed E-state index contributed by atoms with van der Waals surface area (Å²) in [5.74, 6) is -1.52. The molecule has 0 fully saturated rings. The molecule has 7 nitrogen and oxygen atoms in total. The van der Waals surface area contributed by atoms with Crippen LogP contribution in [0.25, 0.3) is 0 Å². The molecule has 0 bridgehead atoms. The first-order chi connectivity index (χ1) is 9.31. The molecule has 0 saturated heterocycles. The van der Waals surface area contributed by atoms with E-state index in [0.29, 0.717) is 6.54 Å². The molecular formula is C13H22N4O3. The van der Waals surface area contributed by atoms with Crippen molar-refractivity contribution in [1.29, 1.82) is 0 Å². The summed E-state index contributed by atoms with van der Waals surface area (Å²) in [7, 11) is 1.82. The molecule has 0 radical (unpaired) electrons. The third kappa shape index (κ3) is 4.56. The molecule has 20 heavy (non-hydrogen) atoms. The van der Waals surface area contributed by atoms with Crippen molar-refractivity contribution in [2.24, 2.45) is 18.9 Å². The van der Waals surface area contributed by atoms with Crippen LogP contribution in [0, 0.1) is 18.8 Å². The number of aliphatic carboxylic acids is 1. The average Bonchev–Trinajstić information content (AvgIpc) is 2.64. The summed E-state index contributed by atoms with van der Waals surface area (Å²) >= 11 is 0. The number of amides is 2. The van der Waals surface area contributed by atoms with Crippen LogP contribution in [0.1, 0.15) is 25.1 Å². The van der Waals surface area contributed by atoms with E-state index < -0.39 is 11.9 Å². The summed E-state index contributed by atoms with van der Waals surface area (Å²) in [6.45, 7) is 5.98. The number of carboxylic acid groups (broad SMARTS) is 1. The summed E-state index contributed by atoms with van der Waals surface area (Å²) in [5, 5.41) is 18.5. The molecule has 1 unspecified atom stereocenters. The number of hydrogen-bond acceptors (Lipinski definition) is 3. The number of urea groups is 1. The Kier molecular flexibility index (Phi) is 5.54. The predicted molar refractivity (Wildman–Crippen MR) is 74.1 cm³/mol. The molecule has 1 atom stereocenters. The van der Waals surface area contributed by atoms with E-state index in [1.807, 2.05) is 34.0 Å². The fourth-order valence-electron chi connectivity index (χ4n) is 1.87. The van der Waals surface area contributed by atoms with Crippen LogP contribution in [-0.2, 0) is 18.4 Å². The molecule has 0 spiro atoms. The van der Waals surface area contributed by atoms with Crippen molar-refractivity contribution >= 4 is 12.0 Å². The molecule has 0 aliphatic heterocycles. The SMILES string of the molecule is Cc1nn(C)cc1CNC(=O)NCC(C(=O)O)C(C)C. The van der Waals surface area contributed by atoms with Gasteiger partial charge in [0.2, 0.25) is 0 Å². The van der Waals surface area contributed by atoms with Gasteiger partial charge in [0.05, 0.1) is 11.6 Å². The smallest absolute Gasteiger partial charge is 0.315 e. The second-order valence-electron chi connectivity index (χ2n) is 5.17. The second-order valence-corrected chi connectivity index (χ2v) is 5.17. The predicted octanol–water partition coefficient (Wildman–Crippen LogP) is 0.885. The molecule has 0 aromatic carbocycles. The van der Waals surface area contributed by atoms with Crippen molar-refractivity contribution in [3.63, 3.8) is 0 Å². The molecule has 2 amide bonds. The highest BCUT2D eigenvalue weighted by molar-refractivity contribution is 5.75. The van der Waals surface area contributed by atoms with Crippen LogP contribution in [0.3, 0.4) is 0 Å². The third-order valence-electron chi connectivity index (χ3n) is 3.16.